The van der Waals surface area contributed by atoms with Crippen LogP contribution in [0.1, 0.15) is 20.8 Å². The van der Waals surface area contributed by atoms with Gasteiger partial charge >= 0.3 is 0 Å². The van der Waals surface area contributed by atoms with Crippen LogP contribution in [0.4, 0.5) is 5.82 Å². The van der Waals surface area contributed by atoms with E-state index in [9.17, 15) is 9.59 Å². The van der Waals surface area contributed by atoms with Crippen LogP contribution in [0.15, 0.2) is 58.8 Å². The number of amides is 2. The van der Waals surface area contributed by atoms with E-state index in [0.29, 0.717) is 17.2 Å². The summed E-state index contributed by atoms with van der Waals surface area (Å²) in [5.41, 5.74) is 5.19. The molecular formula is C24H22N4O3S2. The van der Waals surface area contributed by atoms with Crippen LogP contribution in [-0.2, 0) is 9.59 Å². The molecule has 1 N–H and O–H groups in total. The van der Waals surface area contributed by atoms with Crippen LogP contribution in [0.5, 0.6) is 5.75 Å². The Morgan fingerprint density at radius 2 is 1.79 bits per heavy atom. The largest absolute Gasteiger partial charge is 0.497 e. The number of carbonyl (C=O) groups is 2. The zero-order chi connectivity index (χ0) is 23.5. The van der Waals surface area contributed by atoms with Crippen LogP contribution in [0.3, 0.4) is 0 Å². The first-order valence-corrected chi connectivity index (χ1v) is 12.1. The van der Waals surface area contributed by atoms with E-state index < -0.39 is 11.8 Å². The molecular weight excluding hydrogens is 456 g/mol. The zero-order valence-electron chi connectivity index (χ0n) is 18.6. The normalized spacial score (nSPS) is 13.1. The van der Waals surface area contributed by atoms with Crippen LogP contribution >= 0.6 is 22.7 Å². The molecule has 4 aromatic rings. The lowest BCUT2D eigenvalue weighted by Gasteiger charge is -2.18. The number of anilines is 1. The summed E-state index contributed by atoms with van der Waals surface area (Å²) in [6.45, 7) is 5.61. The third kappa shape index (κ3) is 4.24. The summed E-state index contributed by atoms with van der Waals surface area (Å²) in [5, 5.41) is 5.70. The minimum Gasteiger partial charge on any atom is -0.497 e. The van der Waals surface area contributed by atoms with Gasteiger partial charge in [0.25, 0.3) is 11.8 Å². The van der Waals surface area contributed by atoms with Gasteiger partial charge in [-0.25, -0.2) is 9.97 Å². The molecule has 0 saturated carbocycles. The molecule has 0 atom stereocenters. The number of carbonyl (C=O) groups excluding carboxylic acids is 2. The second-order valence-electron chi connectivity index (χ2n) is 6.85. The van der Waals surface area contributed by atoms with Crippen molar-refractivity contribution in [2.75, 3.05) is 12.5 Å². The summed E-state index contributed by atoms with van der Waals surface area (Å²) in [6, 6.07) is 11.5. The number of hydrazine groups is 1. The molecule has 5 rings (SSSR count). The summed E-state index contributed by atoms with van der Waals surface area (Å²) in [5.74, 6) is 0.888. The van der Waals surface area contributed by atoms with Gasteiger partial charge in [-0.2, -0.15) is 5.01 Å². The van der Waals surface area contributed by atoms with Crippen LogP contribution in [-0.4, -0.2) is 33.9 Å². The molecule has 7 nitrogen and oxygen atoms in total. The summed E-state index contributed by atoms with van der Waals surface area (Å²) in [6.07, 6.45) is 1.31. The van der Waals surface area contributed by atoms with Gasteiger partial charge in [-0.1, -0.05) is 32.0 Å². The molecule has 168 valence electrons. The first kappa shape index (κ1) is 22.6. The van der Waals surface area contributed by atoms with E-state index in [1.54, 1.807) is 14.0 Å². The first-order chi connectivity index (χ1) is 16.0. The number of hydrogen-bond acceptors (Lipinski definition) is 8. The number of thiophene rings is 2. The van der Waals surface area contributed by atoms with E-state index in [1.165, 1.54) is 28.7 Å². The average Bonchev–Trinajstić information content (AvgIpc) is 3.57. The quantitative estimate of drug-likeness (QED) is 0.367. The number of imide groups is 1. The molecule has 0 aliphatic carbocycles. The third-order valence-corrected chi connectivity index (χ3v) is 6.63. The Balaban J connectivity index is 0.00000126. The Morgan fingerprint density at radius 1 is 1.03 bits per heavy atom. The topological polar surface area (TPSA) is 84.4 Å². The molecule has 0 radical (unpaired) electrons. The second kappa shape index (κ2) is 9.51. The van der Waals surface area contributed by atoms with Gasteiger partial charge in [-0.15, -0.1) is 22.7 Å². The molecule has 0 unspecified atom stereocenters. The van der Waals surface area contributed by atoms with Crippen LogP contribution < -0.4 is 10.2 Å². The Kier molecular flexibility index (Phi) is 6.52. The van der Waals surface area contributed by atoms with E-state index in [2.05, 4.69) is 5.43 Å². The lowest BCUT2D eigenvalue weighted by Crippen LogP contribution is -2.36. The van der Waals surface area contributed by atoms with Crippen LogP contribution in [0.2, 0.25) is 0 Å². The fourth-order valence-corrected chi connectivity index (χ4v) is 4.93. The van der Waals surface area contributed by atoms with Gasteiger partial charge in [0.1, 0.15) is 10.6 Å². The van der Waals surface area contributed by atoms with Crippen molar-refractivity contribution < 1.29 is 14.3 Å². The van der Waals surface area contributed by atoms with Gasteiger partial charge in [0.2, 0.25) is 0 Å². The van der Waals surface area contributed by atoms with Gasteiger partial charge in [-0.3, -0.25) is 15.0 Å². The average molecular weight is 479 g/mol. The lowest BCUT2D eigenvalue weighted by molar-refractivity contribution is -0.135. The highest BCUT2D eigenvalue weighted by Gasteiger charge is 2.30. The highest BCUT2D eigenvalue weighted by atomic mass is 32.1. The van der Waals surface area contributed by atoms with Gasteiger partial charge in [-0.05, 0) is 36.1 Å². The van der Waals surface area contributed by atoms with E-state index in [-0.39, 0.29) is 0 Å². The summed E-state index contributed by atoms with van der Waals surface area (Å²) in [4.78, 5) is 35.9. The van der Waals surface area contributed by atoms with E-state index in [0.717, 1.165) is 37.0 Å². The molecule has 2 amide bonds. The standard InChI is InChI=1S/C22H16N4O3S2.C2H6/c1-12-10-17(27)26(22(12)28)25-20-18-15(13-5-7-14(29-2)8-6-13)11-31-21(18)24-19(23-20)16-4-3-9-30-16;1-2/h3-11H,1-2H3,(H,23,24,25);1-2H3. The third-order valence-electron chi connectivity index (χ3n) is 4.89. The number of fused-ring (bicyclic) bond motifs is 1. The smallest absolute Gasteiger partial charge is 0.275 e. The van der Waals surface area contributed by atoms with Gasteiger partial charge < -0.3 is 4.74 Å². The van der Waals surface area contributed by atoms with E-state index in [1.807, 2.05) is 61.0 Å². The molecule has 0 fully saturated rings. The Labute approximate surface area is 199 Å². The predicted octanol–water partition coefficient (Wildman–Crippen LogP) is 5.76. The van der Waals surface area contributed by atoms with E-state index in [4.69, 9.17) is 14.7 Å². The minimum atomic E-state index is -0.423. The maximum Gasteiger partial charge on any atom is 0.275 e. The lowest BCUT2D eigenvalue weighted by atomic mass is 10.1. The van der Waals surface area contributed by atoms with Crippen molar-refractivity contribution in [1.29, 1.82) is 0 Å². The Bertz CT molecular complexity index is 1340. The Hall–Kier alpha value is -3.56. The van der Waals surface area contributed by atoms with Gasteiger partial charge in [0, 0.05) is 22.6 Å². The number of ether oxygens (including phenoxy) is 1. The van der Waals surface area contributed by atoms with Crippen LogP contribution in [0, 0.1) is 0 Å². The summed E-state index contributed by atoms with van der Waals surface area (Å²) < 4.78 is 5.26. The first-order valence-electron chi connectivity index (χ1n) is 10.4. The molecule has 33 heavy (non-hydrogen) atoms. The number of hydrogen-bond donors (Lipinski definition) is 1. The number of nitrogens with zero attached hydrogens (tertiary/aromatic N) is 3. The zero-order valence-corrected chi connectivity index (χ0v) is 20.2. The molecule has 3 aromatic heterocycles. The van der Waals surface area contributed by atoms with Crippen molar-refractivity contribution >= 4 is 50.5 Å². The molecule has 1 aliphatic rings. The fraction of sp³-hybridized carbons (Fsp3) is 0.167. The monoisotopic (exact) mass is 478 g/mol. The van der Waals surface area contributed by atoms with Crippen molar-refractivity contribution in [2.24, 2.45) is 0 Å². The molecule has 4 heterocycles. The Morgan fingerprint density at radius 3 is 2.39 bits per heavy atom. The molecule has 0 bridgehead atoms. The van der Waals surface area contributed by atoms with Crippen molar-refractivity contribution in [3.8, 4) is 27.6 Å². The van der Waals surface area contributed by atoms with E-state index >= 15 is 0 Å². The maximum atomic E-state index is 12.5. The molecule has 9 heteroatoms. The summed E-state index contributed by atoms with van der Waals surface area (Å²) >= 11 is 3.01. The van der Waals surface area contributed by atoms with Crippen molar-refractivity contribution in [2.45, 2.75) is 20.8 Å². The van der Waals surface area contributed by atoms with Crippen molar-refractivity contribution in [3.63, 3.8) is 0 Å². The number of benzene rings is 1. The van der Waals surface area contributed by atoms with Gasteiger partial charge in [0.05, 0.1) is 17.4 Å². The second-order valence-corrected chi connectivity index (χ2v) is 8.65. The molecule has 1 aliphatic heterocycles. The molecule has 0 saturated heterocycles. The summed E-state index contributed by atoms with van der Waals surface area (Å²) in [7, 11) is 1.62. The SMILES string of the molecule is CC.COc1ccc(-c2csc3nc(-c4cccs4)nc(NN4C(=O)C=C(C)C4=O)c23)cc1. The minimum absolute atomic E-state index is 0.377. The number of rotatable bonds is 5. The molecule has 0 spiro atoms. The predicted molar refractivity (Wildman–Crippen MR) is 133 cm³/mol. The van der Waals surface area contributed by atoms with Gasteiger partial charge in [0.15, 0.2) is 11.6 Å². The number of aromatic nitrogens is 2. The highest BCUT2D eigenvalue weighted by Crippen LogP contribution is 2.39. The fourth-order valence-electron chi connectivity index (χ4n) is 3.32. The molecule has 1 aromatic carbocycles. The van der Waals surface area contributed by atoms with Crippen molar-refractivity contribution in [1.82, 2.24) is 15.0 Å². The highest BCUT2D eigenvalue weighted by molar-refractivity contribution is 7.17. The number of nitrogens with one attached hydrogen (secondary N) is 1. The maximum absolute atomic E-state index is 12.5. The van der Waals surface area contributed by atoms with Crippen LogP contribution in [0.25, 0.3) is 32.0 Å². The van der Waals surface area contributed by atoms with Crippen molar-refractivity contribution in [3.05, 3.63) is 58.8 Å². The number of methoxy groups -OCH3 is 1.